The van der Waals surface area contributed by atoms with Crippen molar-refractivity contribution in [3.63, 3.8) is 0 Å². The second kappa shape index (κ2) is 6.88. The highest BCUT2D eigenvalue weighted by atomic mass is 16.5. The highest BCUT2D eigenvalue weighted by Crippen LogP contribution is 2.11. The fourth-order valence-corrected chi connectivity index (χ4v) is 1.86. The Morgan fingerprint density at radius 1 is 1.58 bits per heavy atom. The van der Waals surface area contributed by atoms with Crippen LogP contribution in [0, 0.1) is 17.8 Å². The fraction of sp³-hybridized carbons (Fsp3) is 0.429. The zero-order valence-electron chi connectivity index (χ0n) is 10.6. The molecule has 5 nitrogen and oxygen atoms in total. The molecule has 1 atom stereocenters. The van der Waals surface area contributed by atoms with Crippen molar-refractivity contribution in [3.05, 3.63) is 29.6 Å². The summed E-state index contributed by atoms with van der Waals surface area (Å²) in [7, 11) is 0. The van der Waals surface area contributed by atoms with E-state index in [1.165, 1.54) is 6.20 Å². The third-order valence-electron chi connectivity index (χ3n) is 2.89. The predicted molar refractivity (Wildman–Crippen MR) is 69.5 cm³/mol. The molecule has 1 fully saturated rings. The summed E-state index contributed by atoms with van der Waals surface area (Å²) in [5, 5.41) is 11.5. The lowest BCUT2D eigenvalue weighted by Crippen LogP contribution is -2.29. The number of carbonyl (C=O) groups is 1. The lowest BCUT2D eigenvalue weighted by molar-refractivity contribution is 0.0944. The standard InChI is InChI=1S/C14H16N2O3/c17-4-1-2-11-6-13(9-15-7-11)14(18)16-8-12-3-5-19-10-12/h6-7,9,12,17H,3-5,8,10H2,(H,16,18). The number of carbonyl (C=O) groups excluding carboxylic acids is 1. The minimum atomic E-state index is -0.210. The summed E-state index contributed by atoms with van der Waals surface area (Å²) in [6.45, 7) is 1.89. The zero-order chi connectivity index (χ0) is 13.5. The van der Waals surface area contributed by atoms with Crippen LogP contribution in [-0.4, -0.2) is 42.4 Å². The number of rotatable bonds is 3. The van der Waals surface area contributed by atoms with E-state index in [9.17, 15) is 4.79 Å². The lowest BCUT2D eigenvalue weighted by Gasteiger charge is -2.09. The number of ether oxygens (including phenoxy) is 1. The molecule has 0 aromatic carbocycles. The summed E-state index contributed by atoms with van der Waals surface area (Å²) in [6.07, 6.45) is 4.05. The van der Waals surface area contributed by atoms with E-state index >= 15 is 0 Å². The van der Waals surface area contributed by atoms with Gasteiger partial charge in [-0.1, -0.05) is 11.8 Å². The van der Waals surface area contributed by atoms with Crippen molar-refractivity contribution in [3.8, 4) is 11.8 Å². The summed E-state index contributed by atoms with van der Waals surface area (Å²) in [5.74, 6) is 5.49. The van der Waals surface area contributed by atoms with Crippen molar-refractivity contribution < 1.29 is 14.6 Å². The third kappa shape index (κ3) is 4.05. The quantitative estimate of drug-likeness (QED) is 0.761. The molecule has 0 spiro atoms. The highest BCUT2D eigenvalue weighted by molar-refractivity contribution is 5.94. The van der Waals surface area contributed by atoms with Gasteiger partial charge in [-0.25, -0.2) is 0 Å². The molecule has 0 aliphatic carbocycles. The van der Waals surface area contributed by atoms with Gasteiger partial charge in [-0.05, 0) is 12.5 Å². The highest BCUT2D eigenvalue weighted by Gasteiger charge is 2.16. The Kier molecular flexibility index (Phi) is 4.90. The number of hydrogen-bond donors (Lipinski definition) is 2. The zero-order valence-corrected chi connectivity index (χ0v) is 10.6. The third-order valence-corrected chi connectivity index (χ3v) is 2.89. The summed E-state index contributed by atoms with van der Waals surface area (Å²) in [6, 6.07) is 1.66. The number of nitrogens with one attached hydrogen (secondary N) is 1. The van der Waals surface area contributed by atoms with Gasteiger partial charge in [0, 0.05) is 37.0 Å². The first kappa shape index (κ1) is 13.5. The fourth-order valence-electron chi connectivity index (χ4n) is 1.86. The largest absolute Gasteiger partial charge is 0.384 e. The molecule has 5 heteroatoms. The van der Waals surface area contributed by atoms with E-state index in [-0.39, 0.29) is 12.5 Å². The number of pyridine rings is 1. The van der Waals surface area contributed by atoms with Crippen molar-refractivity contribution in [1.82, 2.24) is 10.3 Å². The topological polar surface area (TPSA) is 71.5 Å². The molecule has 1 amide bonds. The molecule has 2 rings (SSSR count). The Hall–Kier alpha value is -1.90. The van der Waals surface area contributed by atoms with Gasteiger partial charge in [0.05, 0.1) is 12.2 Å². The second-order valence-electron chi connectivity index (χ2n) is 4.36. The first-order valence-electron chi connectivity index (χ1n) is 6.20. The molecular formula is C14H16N2O3. The van der Waals surface area contributed by atoms with Crippen LogP contribution in [0.25, 0.3) is 0 Å². The Labute approximate surface area is 112 Å². The Morgan fingerprint density at radius 2 is 2.47 bits per heavy atom. The van der Waals surface area contributed by atoms with E-state index in [1.54, 1.807) is 12.3 Å². The van der Waals surface area contributed by atoms with Crippen LogP contribution in [0.3, 0.4) is 0 Å². The molecule has 1 unspecified atom stereocenters. The lowest BCUT2D eigenvalue weighted by atomic mass is 10.1. The van der Waals surface area contributed by atoms with E-state index in [1.807, 2.05) is 0 Å². The number of aromatic nitrogens is 1. The predicted octanol–water partition coefficient (Wildman–Crippen LogP) is 0.192. The van der Waals surface area contributed by atoms with Crippen molar-refractivity contribution in [2.45, 2.75) is 6.42 Å². The molecule has 1 aliphatic rings. The van der Waals surface area contributed by atoms with E-state index in [0.717, 1.165) is 13.0 Å². The minimum Gasteiger partial charge on any atom is -0.384 e. The maximum atomic E-state index is 11.9. The minimum absolute atomic E-state index is 0.160. The average Bonchev–Trinajstić information content (AvgIpc) is 2.96. The molecule has 1 aromatic heterocycles. The Morgan fingerprint density at radius 3 is 3.21 bits per heavy atom. The van der Waals surface area contributed by atoms with Crippen LogP contribution in [0.1, 0.15) is 22.3 Å². The van der Waals surface area contributed by atoms with Gasteiger partial charge >= 0.3 is 0 Å². The molecule has 19 heavy (non-hydrogen) atoms. The van der Waals surface area contributed by atoms with E-state index in [4.69, 9.17) is 9.84 Å². The van der Waals surface area contributed by atoms with Gasteiger partial charge < -0.3 is 15.2 Å². The van der Waals surface area contributed by atoms with E-state index in [2.05, 4.69) is 22.1 Å². The van der Waals surface area contributed by atoms with Crippen LogP contribution in [0.15, 0.2) is 18.5 Å². The van der Waals surface area contributed by atoms with Gasteiger partial charge in [0.1, 0.15) is 6.61 Å². The molecule has 0 radical (unpaired) electrons. The first-order valence-corrected chi connectivity index (χ1v) is 6.20. The molecular weight excluding hydrogens is 244 g/mol. The number of amides is 1. The SMILES string of the molecule is O=C(NCC1CCOC1)c1cncc(C#CCO)c1. The van der Waals surface area contributed by atoms with Crippen molar-refractivity contribution in [2.75, 3.05) is 26.4 Å². The summed E-state index contributed by atoms with van der Waals surface area (Å²) < 4.78 is 5.25. The van der Waals surface area contributed by atoms with Gasteiger partial charge in [0.25, 0.3) is 5.91 Å². The van der Waals surface area contributed by atoms with Crippen molar-refractivity contribution >= 4 is 5.91 Å². The summed E-state index contributed by atoms with van der Waals surface area (Å²) in [4.78, 5) is 15.9. The Bertz CT molecular complexity index is 499. The average molecular weight is 260 g/mol. The van der Waals surface area contributed by atoms with Crippen LogP contribution in [0.4, 0.5) is 0 Å². The molecule has 0 saturated carbocycles. The Balaban J connectivity index is 1.94. The smallest absolute Gasteiger partial charge is 0.252 e. The van der Waals surface area contributed by atoms with Gasteiger partial charge in [-0.15, -0.1) is 0 Å². The van der Waals surface area contributed by atoms with Crippen LogP contribution in [0.5, 0.6) is 0 Å². The molecule has 1 aromatic rings. The van der Waals surface area contributed by atoms with Crippen molar-refractivity contribution in [2.24, 2.45) is 5.92 Å². The van der Waals surface area contributed by atoms with Gasteiger partial charge in [0.2, 0.25) is 0 Å². The maximum Gasteiger partial charge on any atom is 0.252 e. The maximum absolute atomic E-state index is 11.9. The van der Waals surface area contributed by atoms with Gasteiger partial charge in [-0.3, -0.25) is 9.78 Å². The van der Waals surface area contributed by atoms with E-state index in [0.29, 0.717) is 30.2 Å². The first-order chi connectivity index (χ1) is 9.29. The second-order valence-corrected chi connectivity index (χ2v) is 4.36. The monoisotopic (exact) mass is 260 g/mol. The normalized spacial score (nSPS) is 17.6. The molecule has 2 heterocycles. The van der Waals surface area contributed by atoms with Crippen LogP contribution >= 0.6 is 0 Å². The van der Waals surface area contributed by atoms with Crippen LogP contribution in [-0.2, 0) is 4.74 Å². The molecule has 0 bridgehead atoms. The van der Waals surface area contributed by atoms with Crippen molar-refractivity contribution in [1.29, 1.82) is 0 Å². The summed E-state index contributed by atoms with van der Waals surface area (Å²) >= 11 is 0. The van der Waals surface area contributed by atoms with Crippen LogP contribution < -0.4 is 5.32 Å². The molecule has 1 aliphatic heterocycles. The number of aliphatic hydroxyl groups excluding tert-OH is 1. The number of hydrogen-bond acceptors (Lipinski definition) is 4. The van der Waals surface area contributed by atoms with E-state index < -0.39 is 0 Å². The van der Waals surface area contributed by atoms with Gasteiger partial charge in [-0.2, -0.15) is 0 Å². The van der Waals surface area contributed by atoms with Crippen LogP contribution in [0.2, 0.25) is 0 Å². The number of nitrogens with zero attached hydrogens (tertiary/aromatic N) is 1. The number of aliphatic hydroxyl groups is 1. The van der Waals surface area contributed by atoms with Gasteiger partial charge in [0.15, 0.2) is 0 Å². The molecule has 2 N–H and O–H groups in total. The molecule has 1 saturated heterocycles. The molecule has 100 valence electrons. The summed E-state index contributed by atoms with van der Waals surface area (Å²) in [5.41, 5.74) is 1.09.